The molecule has 0 spiro atoms. The molecule has 1 amide bonds. The lowest BCUT2D eigenvalue weighted by molar-refractivity contribution is -0.141. The fraction of sp³-hybridized carbons (Fsp3) is 0.909. The quantitative estimate of drug-likeness (QED) is 0.758. The van der Waals surface area contributed by atoms with Crippen LogP contribution in [-0.4, -0.2) is 29.0 Å². The lowest BCUT2D eigenvalue weighted by Crippen LogP contribution is -2.55. The van der Waals surface area contributed by atoms with Gasteiger partial charge >= 0.3 is 0 Å². The van der Waals surface area contributed by atoms with Crippen LogP contribution in [0.4, 0.5) is 0 Å². The van der Waals surface area contributed by atoms with Crippen molar-refractivity contribution in [1.82, 2.24) is 5.32 Å². The van der Waals surface area contributed by atoms with Crippen molar-refractivity contribution in [2.24, 2.45) is 0 Å². The predicted octanol–water partition coefficient (Wildman–Crippen LogP) is 2.08. The highest BCUT2D eigenvalue weighted by molar-refractivity contribution is 6.21. The molecule has 3 nitrogen and oxygen atoms in total. The van der Waals surface area contributed by atoms with Crippen LogP contribution in [0.25, 0.3) is 0 Å². The predicted molar refractivity (Wildman–Crippen MR) is 61.1 cm³/mol. The fourth-order valence-corrected chi connectivity index (χ4v) is 1.54. The van der Waals surface area contributed by atoms with Crippen LogP contribution in [0.1, 0.15) is 40.5 Å². The molecular weight excluding hydrogens is 214 g/mol. The lowest BCUT2D eigenvalue weighted by Gasteiger charge is -2.33. The van der Waals surface area contributed by atoms with Crippen LogP contribution < -0.4 is 5.32 Å². The summed E-state index contributed by atoms with van der Waals surface area (Å²) in [5.74, 6) is -0.0579. The van der Waals surface area contributed by atoms with Gasteiger partial charge in [0.15, 0.2) is 0 Å². The molecule has 1 heterocycles. The number of rotatable bonds is 3. The number of nitrogens with one attached hydrogen (secondary N) is 1. The van der Waals surface area contributed by atoms with E-state index in [1.54, 1.807) is 0 Å². The van der Waals surface area contributed by atoms with E-state index in [9.17, 15) is 4.79 Å². The highest BCUT2D eigenvalue weighted by Crippen LogP contribution is 2.26. The summed E-state index contributed by atoms with van der Waals surface area (Å²) >= 11 is 6.01. The van der Waals surface area contributed by atoms with Gasteiger partial charge in [-0.3, -0.25) is 4.79 Å². The van der Waals surface area contributed by atoms with Gasteiger partial charge in [-0.2, -0.15) is 0 Å². The Kier molecular flexibility index (Phi) is 3.67. The van der Waals surface area contributed by atoms with Crippen molar-refractivity contribution in [2.75, 3.05) is 6.61 Å². The molecule has 88 valence electrons. The zero-order chi connectivity index (χ0) is 11.7. The summed E-state index contributed by atoms with van der Waals surface area (Å²) in [6, 6.07) is 0. The van der Waals surface area contributed by atoms with Gasteiger partial charge in [0.05, 0.1) is 10.9 Å². The van der Waals surface area contributed by atoms with E-state index < -0.39 is 11.1 Å². The normalized spacial score (nSPS) is 28.9. The monoisotopic (exact) mass is 233 g/mol. The smallest absolute Gasteiger partial charge is 0.252 e. The SMILES string of the molecule is CC(Cl)C(C)(C)NC(=O)C1(C)CCCO1. The number of carbonyl (C=O) groups excluding carboxylic acids is 1. The zero-order valence-corrected chi connectivity index (χ0v) is 10.6. The van der Waals surface area contributed by atoms with Crippen LogP contribution in [0.3, 0.4) is 0 Å². The van der Waals surface area contributed by atoms with E-state index in [1.165, 1.54) is 0 Å². The first-order valence-electron chi connectivity index (χ1n) is 5.38. The second-order valence-electron chi connectivity index (χ2n) is 4.97. The van der Waals surface area contributed by atoms with Gasteiger partial charge in [0.2, 0.25) is 0 Å². The van der Waals surface area contributed by atoms with Crippen LogP contribution in [0.15, 0.2) is 0 Å². The third-order valence-corrected chi connectivity index (χ3v) is 3.67. The van der Waals surface area contributed by atoms with Crippen molar-refractivity contribution in [3.63, 3.8) is 0 Å². The molecule has 1 rings (SSSR count). The van der Waals surface area contributed by atoms with Crippen LogP contribution >= 0.6 is 11.6 Å². The zero-order valence-electron chi connectivity index (χ0n) is 9.89. The Balaban J connectivity index is 2.62. The Morgan fingerprint density at radius 2 is 2.20 bits per heavy atom. The van der Waals surface area contributed by atoms with Crippen molar-refractivity contribution in [3.05, 3.63) is 0 Å². The third-order valence-electron chi connectivity index (χ3n) is 3.13. The molecule has 0 bridgehead atoms. The first-order valence-corrected chi connectivity index (χ1v) is 5.82. The molecule has 0 aliphatic carbocycles. The summed E-state index contributed by atoms with van der Waals surface area (Å²) in [5.41, 5.74) is -1.07. The van der Waals surface area contributed by atoms with Gasteiger partial charge in [-0.15, -0.1) is 11.6 Å². The Morgan fingerprint density at radius 1 is 1.60 bits per heavy atom. The number of hydrogen-bond donors (Lipinski definition) is 1. The topological polar surface area (TPSA) is 38.3 Å². The molecule has 0 aromatic heterocycles. The minimum Gasteiger partial charge on any atom is -0.365 e. The van der Waals surface area contributed by atoms with E-state index in [-0.39, 0.29) is 11.3 Å². The molecule has 0 radical (unpaired) electrons. The second-order valence-corrected chi connectivity index (χ2v) is 5.63. The molecular formula is C11H20ClNO2. The molecule has 1 saturated heterocycles. The van der Waals surface area contributed by atoms with Gasteiger partial charge in [-0.25, -0.2) is 0 Å². The summed E-state index contributed by atoms with van der Waals surface area (Å²) in [5, 5.41) is 2.82. The maximum atomic E-state index is 12.0. The molecule has 2 atom stereocenters. The molecule has 1 fully saturated rings. The maximum Gasteiger partial charge on any atom is 0.252 e. The molecule has 1 N–H and O–H groups in total. The summed E-state index contributed by atoms with van der Waals surface area (Å²) < 4.78 is 5.47. The Labute approximate surface area is 96.5 Å². The van der Waals surface area contributed by atoms with E-state index >= 15 is 0 Å². The highest BCUT2D eigenvalue weighted by Gasteiger charge is 2.40. The summed E-state index contributed by atoms with van der Waals surface area (Å²) in [7, 11) is 0. The van der Waals surface area contributed by atoms with E-state index in [2.05, 4.69) is 5.32 Å². The number of carbonyl (C=O) groups is 1. The van der Waals surface area contributed by atoms with Crippen molar-refractivity contribution in [2.45, 2.75) is 57.1 Å². The second kappa shape index (κ2) is 4.30. The van der Waals surface area contributed by atoms with Gasteiger partial charge in [0.1, 0.15) is 5.60 Å². The number of hydrogen-bond acceptors (Lipinski definition) is 2. The van der Waals surface area contributed by atoms with Crippen LogP contribution in [0, 0.1) is 0 Å². The number of alkyl halides is 1. The Hall–Kier alpha value is -0.280. The number of amides is 1. The number of ether oxygens (including phenoxy) is 1. The first-order chi connectivity index (χ1) is 6.78. The Morgan fingerprint density at radius 3 is 2.60 bits per heavy atom. The van der Waals surface area contributed by atoms with Gasteiger partial charge in [0, 0.05) is 6.61 Å². The molecule has 0 aromatic carbocycles. The molecule has 2 unspecified atom stereocenters. The molecule has 15 heavy (non-hydrogen) atoms. The fourth-order valence-electron chi connectivity index (χ4n) is 1.48. The van der Waals surface area contributed by atoms with E-state index in [1.807, 2.05) is 27.7 Å². The average Bonchev–Trinajstić information content (AvgIpc) is 2.52. The van der Waals surface area contributed by atoms with Crippen LogP contribution in [0.5, 0.6) is 0 Å². The van der Waals surface area contributed by atoms with E-state index in [0.29, 0.717) is 6.61 Å². The van der Waals surface area contributed by atoms with Gasteiger partial charge in [-0.1, -0.05) is 0 Å². The van der Waals surface area contributed by atoms with Crippen molar-refractivity contribution < 1.29 is 9.53 Å². The van der Waals surface area contributed by atoms with E-state index in [4.69, 9.17) is 16.3 Å². The largest absolute Gasteiger partial charge is 0.365 e. The van der Waals surface area contributed by atoms with Crippen LogP contribution in [0.2, 0.25) is 0 Å². The lowest BCUT2D eigenvalue weighted by atomic mass is 9.96. The van der Waals surface area contributed by atoms with E-state index in [0.717, 1.165) is 12.8 Å². The van der Waals surface area contributed by atoms with Gasteiger partial charge in [-0.05, 0) is 40.5 Å². The summed E-state index contributed by atoms with van der Waals surface area (Å²) in [6.07, 6.45) is 1.73. The van der Waals surface area contributed by atoms with Crippen molar-refractivity contribution in [3.8, 4) is 0 Å². The molecule has 4 heteroatoms. The number of halogens is 1. The standard InChI is InChI=1S/C11H20ClNO2/c1-8(12)10(2,3)13-9(14)11(4)6-5-7-15-11/h8H,5-7H2,1-4H3,(H,13,14). The van der Waals surface area contributed by atoms with Crippen molar-refractivity contribution in [1.29, 1.82) is 0 Å². The minimum absolute atomic E-state index is 0.0579. The summed E-state index contributed by atoms with van der Waals surface area (Å²) in [6.45, 7) is 8.21. The van der Waals surface area contributed by atoms with Crippen molar-refractivity contribution >= 4 is 17.5 Å². The highest BCUT2D eigenvalue weighted by atomic mass is 35.5. The molecule has 0 saturated carbocycles. The Bertz CT molecular complexity index is 245. The summed E-state index contributed by atoms with van der Waals surface area (Å²) in [4.78, 5) is 12.0. The first kappa shape index (κ1) is 12.8. The van der Waals surface area contributed by atoms with Gasteiger partial charge in [0.25, 0.3) is 5.91 Å². The molecule has 1 aliphatic rings. The van der Waals surface area contributed by atoms with Crippen LogP contribution in [-0.2, 0) is 9.53 Å². The average molecular weight is 234 g/mol. The third kappa shape index (κ3) is 2.85. The minimum atomic E-state index is -0.664. The molecule has 1 aliphatic heterocycles. The maximum absolute atomic E-state index is 12.0. The molecule has 0 aromatic rings. The van der Waals surface area contributed by atoms with Gasteiger partial charge < -0.3 is 10.1 Å².